The van der Waals surface area contributed by atoms with Gasteiger partial charge in [0.25, 0.3) is 0 Å². The Morgan fingerprint density at radius 3 is 2.07 bits per heavy atom. The second kappa shape index (κ2) is 13.2. The second-order valence-corrected chi connectivity index (χ2v) is 20.7. The van der Waals surface area contributed by atoms with E-state index >= 15 is 0 Å². The van der Waals surface area contributed by atoms with Crippen LogP contribution in [0.5, 0.6) is 0 Å². The molecule has 45 heavy (non-hydrogen) atoms. The molecule has 3 heteroatoms. The summed E-state index contributed by atoms with van der Waals surface area (Å²) in [7, 11) is 0. The predicted molar refractivity (Wildman–Crippen MR) is 186 cm³/mol. The van der Waals surface area contributed by atoms with E-state index in [0.29, 0.717) is 11.8 Å². The molecule has 0 heterocycles. The number of benzene rings is 4. The van der Waals surface area contributed by atoms with Gasteiger partial charge in [-0.15, -0.1) is 0 Å². The quantitative estimate of drug-likeness (QED) is 0.255. The molecule has 0 saturated heterocycles. The minimum absolute atomic E-state index is 0. The van der Waals surface area contributed by atoms with Crippen LogP contribution in [0.25, 0.3) is 21.9 Å². The van der Waals surface area contributed by atoms with Crippen molar-refractivity contribution in [2.24, 2.45) is 11.8 Å². The van der Waals surface area contributed by atoms with Gasteiger partial charge < -0.3 is 24.8 Å². The van der Waals surface area contributed by atoms with Gasteiger partial charge >= 0.3 is 270 Å². The fourth-order valence-corrected chi connectivity index (χ4v) is 15.0. The molecular weight excluding hydrogens is 667 g/mol. The van der Waals surface area contributed by atoms with Gasteiger partial charge in [-0.1, -0.05) is 0 Å². The maximum absolute atomic E-state index is 2.79. The second-order valence-electron chi connectivity index (χ2n) is 15.3. The number of hydrogen-bond acceptors (Lipinski definition) is 0. The number of halogens is 2. The van der Waals surface area contributed by atoms with Crippen molar-refractivity contribution in [3.63, 3.8) is 0 Å². The van der Waals surface area contributed by atoms with Gasteiger partial charge in [0, 0.05) is 0 Å². The molecule has 0 nitrogen and oxygen atoms in total. The monoisotopic (exact) mass is 712 g/mol. The normalized spacial score (nSPS) is 16.0. The summed E-state index contributed by atoms with van der Waals surface area (Å²) in [6.45, 7) is 23.8. The van der Waals surface area contributed by atoms with Crippen molar-refractivity contribution in [1.82, 2.24) is 0 Å². The van der Waals surface area contributed by atoms with Gasteiger partial charge in [-0.25, -0.2) is 0 Å². The first-order valence-corrected chi connectivity index (χ1v) is 20.1. The topological polar surface area (TPSA) is 0 Å². The van der Waals surface area contributed by atoms with Crippen molar-refractivity contribution in [3.8, 4) is 11.1 Å². The first-order chi connectivity index (χ1) is 20.2. The van der Waals surface area contributed by atoms with Crippen molar-refractivity contribution in [3.05, 3.63) is 121 Å². The first kappa shape index (κ1) is 35.8. The third-order valence-electron chi connectivity index (χ3n) is 9.80. The number of allylic oxidation sites excluding steroid dienone is 4. The third-order valence-corrected chi connectivity index (χ3v) is 17.3. The van der Waals surface area contributed by atoms with E-state index in [9.17, 15) is 0 Å². The maximum Gasteiger partial charge on any atom is -1.00 e. The molecular formula is C42H48Cl2Zr. The van der Waals surface area contributed by atoms with Crippen molar-refractivity contribution in [2.45, 2.75) is 86.5 Å². The van der Waals surface area contributed by atoms with E-state index in [-0.39, 0.29) is 35.6 Å². The van der Waals surface area contributed by atoms with Crippen LogP contribution in [0.1, 0.15) is 97.1 Å². The van der Waals surface area contributed by atoms with Gasteiger partial charge in [-0.2, -0.15) is 0 Å². The van der Waals surface area contributed by atoms with Crippen LogP contribution in [0.4, 0.5) is 0 Å². The molecule has 0 saturated carbocycles. The van der Waals surface area contributed by atoms with Gasteiger partial charge in [0.2, 0.25) is 0 Å². The molecule has 234 valence electrons. The molecule has 1 atom stereocenters. The number of fused-ring (bicyclic) bond motifs is 4. The van der Waals surface area contributed by atoms with Crippen molar-refractivity contribution in [1.29, 1.82) is 0 Å². The van der Waals surface area contributed by atoms with E-state index in [2.05, 4.69) is 152 Å². The molecule has 0 aliphatic heterocycles. The Balaban J connectivity index is 0.00000230. The molecule has 0 amide bonds. The average Bonchev–Trinajstić information content (AvgIpc) is 3.46. The molecule has 1 unspecified atom stereocenters. The van der Waals surface area contributed by atoms with Crippen molar-refractivity contribution in [2.75, 3.05) is 0 Å². The predicted octanol–water partition coefficient (Wildman–Crippen LogP) is 4.61. The summed E-state index contributed by atoms with van der Waals surface area (Å²) in [4.78, 5) is 0. The zero-order chi connectivity index (χ0) is 30.8. The van der Waals surface area contributed by atoms with Crippen LogP contribution in [-0.2, 0) is 38.5 Å². The molecule has 0 aromatic heterocycles. The van der Waals surface area contributed by atoms with Crippen molar-refractivity contribution < 1.29 is 46.1 Å². The summed E-state index contributed by atoms with van der Waals surface area (Å²) >= 11 is -2.62. The zero-order valence-electron chi connectivity index (χ0n) is 28.7. The Labute approximate surface area is 292 Å². The van der Waals surface area contributed by atoms with Crippen molar-refractivity contribution >= 4 is 17.8 Å². The molecule has 0 N–H and O–H groups in total. The Kier molecular flexibility index (Phi) is 10.5. The van der Waals surface area contributed by atoms with Crippen LogP contribution >= 0.6 is 0 Å². The summed E-state index contributed by atoms with van der Waals surface area (Å²) in [5.74, 6) is 1.04. The van der Waals surface area contributed by atoms with Gasteiger partial charge in [0.15, 0.2) is 0 Å². The largest absolute Gasteiger partial charge is 1.00 e. The fraction of sp³-hybridized carbons (Fsp3) is 0.357. The Morgan fingerprint density at radius 2 is 1.42 bits per heavy atom. The standard InChI is InChI=1S/C21H25.C11H8.C10H15.2ClH.Zr/c1-20(2,3)16-9-7-14-11-15-8-10-17(21(4,5)6)13-19(15)18(14)12-16;1-9-5-4-7-10-6-2-3-8-11(9)10;1-7(2)10-6-8(3)5-9(10)4;;;/h7,9-10,12-13H,11H2,1-6H3;1-8H;6-8H,1-4H3;2*1H;/q;;;;;+2/p-2. The van der Waals surface area contributed by atoms with Crippen LogP contribution in [0.3, 0.4) is 0 Å². The third kappa shape index (κ3) is 6.70. The molecule has 0 fully saturated rings. The smallest absolute Gasteiger partial charge is 1.00 e. The fourth-order valence-electron chi connectivity index (χ4n) is 7.29. The number of hydrogen-bond donors (Lipinski definition) is 0. The molecule has 0 radical (unpaired) electrons. The zero-order valence-corrected chi connectivity index (χ0v) is 32.7. The van der Waals surface area contributed by atoms with Gasteiger partial charge in [-0.3, -0.25) is 0 Å². The molecule has 2 aliphatic carbocycles. The summed E-state index contributed by atoms with van der Waals surface area (Å²) in [6, 6.07) is 28.4. The van der Waals surface area contributed by atoms with Crippen LogP contribution in [0, 0.1) is 11.8 Å². The maximum atomic E-state index is 2.79. The van der Waals surface area contributed by atoms with Gasteiger partial charge in [-0.05, 0) is 0 Å². The van der Waals surface area contributed by atoms with E-state index in [1.807, 2.05) is 0 Å². The first-order valence-electron chi connectivity index (χ1n) is 16.2. The van der Waals surface area contributed by atoms with Crippen LogP contribution < -0.4 is 28.1 Å². The average molecular weight is 715 g/mol. The minimum atomic E-state index is -2.62. The number of rotatable bonds is 4. The summed E-state index contributed by atoms with van der Waals surface area (Å²) in [5, 5.41) is 2.71. The molecule has 6 rings (SSSR count). The Bertz CT molecular complexity index is 1850. The SMILES string of the molecule is CC1=[C](/[Zr+2](=[CH]/c2cccc3ccccc23)[c]2cc(C(C)(C)C)cc3c2Cc2ccc(C(C)(C)C)cc2-3)C(C)C=C1C(C)C.[Cl-].[Cl-]. The van der Waals surface area contributed by atoms with E-state index in [1.165, 1.54) is 44.2 Å². The summed E-state index contributed by atoms with van der Waals surface area (Å²) in [5.41, 5.74) is 13.7. The molecule has 0 bridgehead atoms. The molecule has 4 aromatic carbocycles. The Morgan fingerprint density at radius 1 is 0.778 bits per heavy atom. The van der Waals surface area contributed by atoms with Crippen LogP contribution in [0.15, 0.2) is 93.3 Å². The van der Waals surface area contributed by atoms with Gasteiger partial charge in [0.1, 0.15) is 0 Å². The molecule has 4 aromatic rings. The van der Waals surface area contributed by atoms with Crippen LogP contribution in [-0.4, -0.2) is 3.71 Å². The van der Waals surface area contributed by atoms with E-state index < -0.39 is 21.3 Å². The molecule has 0 spiro atoms. The van der Waals surface area contributed by atoms with E-state index in [4.69, 9.17) is 0 Å². The Hall–Kier alpha value is -2.05. The van der Waals surface area contributed by atoms with E-state index in [1.54, 1.807) is 23.3 Å². The summed E-state index contributed by atoms with van der Waals surface area (Å²) in [6.07, 6.45) is 3.64. The van der Waals surface area contributed by atoms with Crippen LogP contribution in [0.2, 0.25) is 0 Å². The molecule has 2 aliphatic rings. The van der Waals surface area contributed by atoms with E-state index in [0.717, 1.165) is 6.42 Å². The minimum Gasteiger partial charge on any atom is -1.00 e. The van der Waals surface area contributed by atoms with Gasteiger partial charge in [0.05, 0.1) is 0 Å². The summed E-state index contributed by atoms with van der Waals surface area (Å²) < 4.78 is 6.24.